The number of fused-ring (bicyclic) bond motifs is 3. The molecule has 1 aliphatic rings. The van der Waals surface area contributed by atoms with Gasteiger partial charge in [-0.15, -0.1) is 10.2 Å². The van der Waals surface area contributed by atoms with Gasteiger partial charge in [-0.1, -0.05) is 30.0 Å². The van der Waals surface area contributed by atoms with Crippen molar-refractivity contribution in [3.63, 3.8) is 0 Å². The van der Waals surface area contributed by atoms with E-state index in [4.69, 9.17) is 0 Å². The van der Waals surface area contributed by atoms with E-state index in [1.165, 1.54) is 11.3 Å². The molecule has 1 aromatic heterocycles. The molecule has 0 unspecified atom stereocenters. The van der Waals surface area contributed by atoms with Gasteiger partial charge in [0.25, 0.3) is 0 Å². The van der Waals surface area contributed by atoms with Crippen molar-refractivity contribution in [2.75, 3.05) is 0 Å². The average molecular weight is 203 g/mol. The zero-order valence-electron chi connectivity index (χ0n) is 7.77. The van der Waals surface area contributed by atoms with E-state index in [-0.39, 0.29) is 0 Å². The van der Waals surface area contributed by atoms with Crippen molar-refractivity contribution < 1.29 is 0 Å². The molecular formula is C10H9N3S. The Hall–Kier alpha value is -1.29. The molecule has 0 bridgehead atoms. The van der Waals surface area contributed by atoms with Crippen molar-refractivity contribution in [1.82, 2.24) is 14.8 Å². The Morgan fingerprint density at radius 2 is 2.14 bits per heavy atom. The molecule has 0 fully saturated rings. The van der Waals surface area contributed by atoms with Gasteiger partial charge in [-0.25, -0.2) is 0 Å². The summed E-state index contributed by atoms with van der Waals surface area (Å²) < 4.78 is 2.11. The van der Waals surface area contributed by atoms with Crippen LogP contribution in [0.4, 0.5) is 0 Å². The maximum atomic E-state index is 4.13. The number of hydrogen-bond acceptors (Lipinski definition) is 3. The Bertz CT molecular complexity index is 490. The summed E-state index contributed by atoms with van der Waals surface area (Å²) in [5.74, 6) is 1.95. The molecule has 3 rings (SSSR count). The quantitative estimate of drug-likeness (QED) is 0.657. The minimum absolute atomic E-state index is 0.958. The van der Waals surface area contributed by atoms with Gasteiger partial charge in [0.15, 0.2) is 5.16 Å². The summed E-state index contributed by atoms with van der Waals surface area (Å²) >= 11 is 1.74. The summed E-state index contributed by atoms with van der Waals surface area (Å²) in [7, 11) is 0. The zero-order valence-corrected chi connectivity index (χ0v) is 8.58. The second-order valence-electron chi connectivity index (χ2n) is 3.28. The molecule has 0 N–H and O–H groups in total. The molecule has 1 aliphatic heterocycles. The highest BCUT2D eigenvalue weighted by Crippen LogP contribution is 2.33. The molecule has 0 saturated heterocycles. The van der Waals surface area contributed by atoms with E-state index in [1.807, 2.05) is 6.92 Å². The van der Waals surface area contributed by atoms with Crippen molar-refractivity contribution in [3.8, 4) is 5.69 Å². The van der Waals surface area contributed by atoms with Gasteiger partial charge in [0, 0.05) is 5.75 Å². The predicted octanol–water partition coefficient (Wildman–Crippen LogP) is 2.18. The third kappa shape index (κ3) is 1.00. The molecular weight excluding hydrogens is 194 g/mol. The van der Waals surface area contributed by atoms with Crippen LogP contribution in [-0.2, 0) is 5.75 Å². The van der Waals surface area contributed by atoms with Crippen molar-refractivity contribution in [2.24, 2.45) is 0 Å². The Labute approximate surface area is 86.2 Å². The fourth-order valence-electron chi connectivity index (χ4n) is 1.71. The van der Waals surface area contributed by atoms with Crippen molar-refractivity contribution in [3.05, 3.63) is 35.7 Å². The van der Waals surface area contributed by atoms with Crippen LogP contribution < -0.4 is 0 Å². The monoisotopic (exact) mass is 203 g/mol. The first-order chi connectivity index (χ1) is 6.86. The molecule has 0 saturated carbocycles. The van der Waals surface area contributed by atoms with Gasteiger partial charge in [0.1, 0.15) is 5.82 Å². The van der Waals surface area contributed by atoms with Gasteiger partial charge in [-0.05, 0) is 18.6 Å². The minimum atomic E-state index is 0.958. The van der Waals surface area contributed by atoms with Crippen LogP contribution in [-0.4, -0.2) is 14.8 Å². The summed E-state index contributed by atoms with van der Waals surface area (Å²) in [6, 6.07) is 8.40. The topological polar surface area (TPSA) is 30.7 Å². The fourth-order valence-corrected chi connectivity index (χ4v) is 2.69. The second-order valence-corrected chi connectivity index (χ2v) is 4.23. The summed E-state index contributed by atoms with van der Waals surface area (Å²) in [6.07, 6.45) is 0. The number of aryl methyl sites for hydroxylation is 1. The standard InChI is InChI=1S/C10H9N3S/c1-7-11-12-10-13(7)9-5-3-2-4-8(9)6-14-10/h2-5H,6H2,1H3. The third-order valence-corrected chi connectivity index (χ3v) is 3.36. The third-order valence-electron chi connectivity index (χ3n) is 2.38. The lowest BCUT2D eigenvalue weighted by atomic mass is 10.2. The van der Waals surface area contributed by atoms with E-state index in [0.29, 0.717) is 0 Å². The molecule has 0 atom stereocenters. The summed E-state index contributed by atoms with van der Waals surface area (Å²) in [5.41, 5.74) is 2.58. The molecule has 0 amide bonds. The number of aromatic nitrogens is 3. The molecule has 70 valence electrons. The van der Waals surface area contributed by atoms with Crippen LogP contribution in [0.25, 0.3) is 5.69 Å². The summed E-state index contributed by atoms with van der Waals surface area (Å²) in [6.45, 7) is 1.99. The van der Waals surface area contributed by atoms with E-state index >= 15 is 0 Å². The van der Waals surface area contributed by atoms with Gasteiger partial charge in [-0.3, -0.25) is 4.57 Å². The molecule has 3 nitrogen and oxygen atoms in total. The molecule has 0 aliphatic carbocycles. The molecule has 2 heterocycles. The van der Waals surface area contributed by atoms with Crippen LogP contribution in [0.2, 0.25) is 0 Å². The number of hydrogen-bond donors (Lipinski definition) is 0. The number of rotatable bonds is 0. The molecule has 14 heavy (non-hydrogen) atoms. The molecule has 0 spiro atoms. The largest absolute Gasteiger partial charge is 0.274 e. The van der Waals surface area contributed by atoms with E-state index < -0.39 is 0 Å². The van der Waals surface area contributed by atoms with E-state index in [1.54, 1.807) is 11.8 Å². The first kappa shape index (κ1) is 8.05. The highest BCUT2D eigenvalue weighted by Gasteiger charge is 2.18. The van der Waals surface area contributed by atoms with Crippen LogP contribution in [0, 0.1) is 6.92 Å². The summed E-state index contributed by atoms with van der Waals surface area (Å²) in [5, 5.41) is 9.22. The smallest absolute Gasteiger partial charge is 0.196 e. The maximum absolute atomic E-state index is 4.13. The van der Waals surface area contributed by atoms with Gasteiger partial charge in [0.2, 0.25) is 0 Å². The number of para-hydroxylation sites is 1. The molecule has 0 radical (unpaired) electrons. The lowest BCUT2D eigenvalue weighted by molar-refractivity contribution is 0.847. The van der Waals surface area contributed by atoms with Crippen LogP contribution in [0.5, 0.6) is 0 Å². The van der Waals surface area contributed by atoms with Gasteiger partial charge >= 0.3 is 0 Å². The maximum Gasteiger partial charge on any atom is 0.196 e. The average Bonchev–Trinajstić information content (AvgIpc) is 2.61. The van der Waals surface area contributed by atoms with Gasteiger partial charge in [-0.2, -0.15) is 0 Å². The highest BCUT2D eigenvalue weighted by molar-refractivity contribution is 7.98. The number of thioether (sulfide) groups is 1. The Kier molecular flexibility index (Phi) is 1.64. The second kappa shape index (κ2) is 2.85. The number of benzene rings is 1. The van der Waals surface area contributed by atoms with Crippen LogP contribution >= 0.6 is 11.8 Å². The predicted molar refractivity (Wildman–Crippen MR) is 55.7 cm³/mol. The lowest BCUT2D eigenvalue weighted by Crippen LogP contribution is -2.06. The van der Waals surface area contributed by atoms with Gasteiger partial charge in [0.05, 0.1) is 5.69 Å². The molecule has 2 aromatic rings. The first-order valence-electron chi connectivity index (χ1n) is 4.49. The van der Waals surface area contributed by atoms with Crippen molar-refractivity contribution in [1.29, 1.82) is 0 Å². The fraction of sp³-hybridized carbons (Fsp3) is 0.200. The van der Waals surface area contributed by atoms with E-state index in [9.17, 15) is 0 Å². The zero-order chi connectivity index (χ0) is 9.54. The van der Waals surface area contributed by atoms with E-state index in [0.717, 1.165) is 16.7 Å². The highest BCUT2D eigenvalue weighted by atomic mass is 32.2. The SMILES string of the molecule is Cc1nnc2n1-c1ccccc1CS2. The Morgan fingerprint density at radius 3 is 3.07 bits per heavy atom. The normalized spacial score (nSPS) is 13.5. The van der Waals surface area contributed by atoms with Crippen LogP contribution in [0.1, 0.15) is 11.4 Å². The van der Waals surface area contributed by atoms with Gasteiger partial charge < -0.3 is 0 Å². The molecule has 4 heteroatoms. The Morgan fingerprint density at radius 1 is 1.29 bits per heavy atom. The lowest BCUT2D eigenvalue weighted by Gasteiger charge is -2.17. The number of nitrogens with zero attached hydrogens (tertiary/aromatic N) is 3. The van der Waals surface area contributed by atoms with Crippen molar-refractivity contribution >= 4 is 11.8 Å². The first-order valence-corrected chi connectivity index (χ1v) is 5.48. The minimum Gasteiger partial charge on any atom is -0.274 e. The van der Waals surface area contributed by atoms with E-state index in [2.05, 4.69) is 39.0 Å². The van der Waals surface area contributed by atoms with Crippen molar-refractivity contribution in [2.45, 2.75) is 17.8 Å². The summed E-state index contributed by atoms with van der Waals surface area (Å²) in [4.78, 5) is 0. The molecule has 1 aromatic carbocycles. The van der Waals surface area contributed by atoms with Crippen LogP contribution in [0.15, 0.2) is 29.4 Å². The Balaban J connectivity index is 2.32. The van der Waals surface area contributed by atoms with Crippen LogP contribution in [0.3, 0.4) is 0 Å².